The normalized spacial score (nSPS) is 10.6. The average Bonchev–Trinajstić information content (AvgIpc) is 3.11. The van der Waals surface area contributed by atoms with Crippen LogP contribution in [0, 0.1) is 6.92 Å². The third-order valence-electron chi connectivity index (χ3n) is 3.76. The van der Waals surface area contributed by atoms with E-state index in [0.29, 0.717) is 30.4 Å². The van der Waals surface area contributed by atoms with E-state index in [-0.39, 0.29) is 5.75 Å². The number of nitrogens with one attached hydrogen (secondary N) is 3. The number of aryl methyl sites for hydroxylation is 1. The lowest BCUT2D eigenvalue weighted by Gasteiger charge is -2.11. The molecule has 3 rings (SSSR count). The van der Waals surface area contributed by atoms with Crippen molar-refractivity contribution in [2.24, 2.45) is 0 Å². The lowest BCUT2D eigenvalue weighted by Crippen LogP contribution is -2.32. The van der Waals surface area contributed by atoms with Crippen LogP contribution in [0.4, 0.5) is 25.1 Å². The van der Waals surface area contributed by atoms with Gasteiger partial charge in [0.15, 0.2) is 0 Å². The Hall–Kier alpha value is -3.76. The molecular weight excluding hydrogens is 384 g/mol. The van der Waals surface area contributed by atoms with Gasteiger partial charge in [0.2, 0.25) is 0 Å². The van der Waals surface area contributed by atoms with Gasteiger partial charge in [0.25, 0.3) is 0 Å². The van der Waals surface area contributed by atoms with E-state index in [1.165, 1.54) is 24.5 Å². The maximum absolute atomic E-state index is 12.2. The number of amides is 2. The number of nitrogens with zero attached hydrogens (tertiary/aromatic N) is 4. The Kier molecular flexibility index (Phi) is 6.51. The number of carbonyl (C=O) groups excluding carboxylic acids is 1. The number of rotatable bonds is 8. The highest BCUT2D eigenvalue weighted by molar-refractivity contribution is 5.89. The van der Waals surface area contributed by atoms with Crippen LogP contribution in [0.1, 0.15) is 5.82 Å². The number of hydrogen-bond donors (Lipinski definition) is 3. The molecule has 3 N–H and O–H groups in total. The number of halogens is 2. The summed E-state index contributed by atoms with van der Waals surface area (Å²) >= 11 is 0. The van der Waals surface area contributed by atoms with Crippen LogP contribution in [-0.4, -0.2) is 45.3 Å². The number of imidazole rings is 1. The molecule has 29 heavy (non-hydrogen) atoms. The summed E-state index contributed by atoms with van der Waals surface area (Å²) in [4.78, 5) is 24.4. The molecule has 0 unspecified atom stereocenters. The Bertz CT molecular complexity index is 965. The summed E-state index contributed by atoms with van der Waals surface area (Å²) in [6.07, 6.45) is 4.92. The number of ether oxygens (including phenoxy) is 1. The minimum absolute atomic E-state index is 0.0350. The highest BCUT2D eigenvalue weighted by Crippen LogP contribution is 2.19. The number of benzene rings is 1. The molecule has 2 amide bonds. The third-order valence-corrected chi connectivity index (χ3v) is 3.76. The van der Waals surface area contributed by atoms with E-state index in [1.54, 1.807) is 24.5 Å². The Balaban J connectivity index is 1.45. The SMILES string of the molecule is Cc1nccn1-c1cc(NCCNC(=O)Nc2cccc(OC(F)F)c2)ncn1. The van der Waals surface area contributed by atoms with Crippen molar-refractivity contribution in [3.05, 3.63) is 54.9 Å². The fourth-order valence-electron chi connectivity index (χ4n) is 2.49. The van der Waals surface area contributed by atoms with E-state index in [0.717, 1.165) is 5.82 Å². The number of aromatic nitrogens is 4. The zero-order valence-corrected chi connectivity index (χ0v) is 15.5. The molecule has 0 radical (unpaired) electrons. The quantitative estimate of drug-likeness (QED) is 0.500. The summed E-state index contributed by atoms with van der Waals surface area (Å²) in [5.74, 6) is 2.04. The summed E-state index contributed by atoms with van der Waals surface area (Å²) in [6.45, 7) is -0.332. The molecule has 2 heterocycles. The zero-order chi connectivity index (χ0) is 20.6. The fourth-order valence-corrected chi connectivity index (χ4v) is 2.49. The molecule has 0 saturated carbocycles. The molecule has 0 spiro atoms. The molecule has 0 fully saturated rings. The zero-order valence-electron chi connectivity index (χ0n) is 15.5. The molecule has 0 atom stereocenters. The van der Waals surface area contributed by atoms with Crippen LogP contribution < -0.4 is 20.7 Å². The van der Waals surface area contributed by atoms with Gasteiger partial charge in [-0.1, -0.05) is 6.07 Å². The van der Waals surface area contributed by atoms with Crippen LogP contribution in [0.3, 0.4) is 0 Å². The molecule has 3 aromatic rings. The van der Waals surface area contributed by atoms with E-state index < -0.39 is 12.6 Å². The van der Waals surface area contributed by atoms with Gasteiger partial charge in [-0.3, -0.25) is 4.57 Å². The predicted molar refractivity (Wildman–Crippen MR) is 102 cm³/mol. The summed E-state index contributed by atoms with van der Waals surface area (Å²) < 4.78 is 30.6. The topological polar surface area (TPSA) is 106 Å². The molecule has 1 aromatic carbocycles. The van der Waals surface area contributed by atoms with Crippen LogP contribution in [-0.2, 0) is 0 Å². The summed E-state index contributed by atoms with van der Waals surface area (Å²) in [5.41, 5.74) is 0.338. The van der Waals surface area contributed by atoms with Gasteiger partial charge in [0.1, 0.15) is 29.5 Å². The van der Waals surface area contributed by atoms with Crippen LogP contribution in [0.25, 0.3) is 5.82 Å². The lowest BCUT2D eigenvalue weighted by molar-refractivity contribution is -0.0497. The Morgan fingerprint density at radius 2 is 2.07 bits per heavy atom. The Morgan fingerprint density at radius 1 is 1.21 bits per heavy atom. The second-order valence-electron chi connectivity index (χ2n) is 5.82. The van der Waals surface area contributed by atoms with Gasteiger partial charge in [-0.05, 0) is 19.1 Å². The molecular formula is C18H19F2N7O2. The van der Waals surface area contributed by atoms with Gasteiger partial charge < -0.3 is 20.7 Å². The molecule has 0 bridgehead atoms. The summed E-state index contributed by atoms with van der Waals surface area (Å²) in [5, 5.41) is 8.29. The van der Waals surface area contributed by atoms with Crippen molar-refractivity contribution in [2.45, 2.75) is 13.5 Å². The van der Waals surface area contributed by atoms with Crippen LogP contribution in [0.2, 0.25) is 0 Å². The Morgan fingerprint density at radius 3 is 2.83 bits per heavy atom. The molecule has 0 saturated heterocycles. The lowest BCUT2D eigenvalue weighted by atomic mass is 10.3. The minimum atomic E-state index is -2.93. The highest BCUT2D eigenvalue weighted by atomic mass is 19.3. The summed E-state index contributed by atoms with van der Waals surface area (Å²) in [6, 6.07) is 7.05. The van der Waals surface area contributed by atoms with Gasteiger partial charge in [-0.2, -0.15) is 8.78 Å². The predicted octanol–water partition coefficient (Wildman–Crippen LogP) is 2.81. The molecule has 2 aromatic heterocycles. The van der Waals surface area contributed by atoms with E-state index >= 15 is 0 Å². The number of anilines is 2. The van der Waals surface area contributed by atoms with Gasteiger partial charge in [-0.15, -0.1) is 0 Å². The van der Waals surface area contributed by atoms with Crippen LogP contribution >= 0.6 is 0 Å². The van der Waals surface area contributed by atoms with E-state index in [9.17, 15) is 13.6 Å². The first-order chi connectivity index (χ1) is 14.0. The maximum atomic E-state index is 12.2. The van der Waals surface area contributed by atoms with Crippen molar-refractivity contribution >= 4 is 17.5 Å². The van der Waals surface area contributed by atoms with E-state index in [2.05, 4.69) is 35.6 Å². The molecule has 11 heteroatoms. The first-order valence-corrected chi connectivity index (χ1v) is 8.67. The molecule has 0 aliphatic rings. The van der Waals surface area contributed by atoms with E-state index in [1.807, 2.05) is 11.5 Å². The molecule has 152 valence electrons. The molecule has 0 aliphatic carbocycles. The first kappa shape index (κ1) is 20.0. The largest absolute Gasteiger partial charge is 0.435 e. The standard InChI is InChI=1S/C18H19F2N7O2/c1-12-21-7-8-27(12)16-10-15(24-11-25-16)22-5-6-23-18(28)26-13-3-2-4-14(9-13)29-17(19)20/h2-4,7-11,17H,5-6H2,1H3,(H,22,24,25)(H2,23,26,28). The van der Waals surface area contributed by atoms with Crippen molar-refractivity contribution in [3.8, 4) is 11.6 Å². The van der Waals surface area contributed by atoms with E-state index in [4.69, 9.17) is 0 Å². The monoisotopic (exact) mass is 403 g/mol. The summed E-state index contributed by atoms with van der Waals surface area (Å²) in [7, 11) is 0. The molecule has 9 nitrogen and oxygen atoms in total. The second-order valence-corrected chi connectivity index (χ2v) is 5.82. The first-order valence-electron chi connectivity index (χ1n) is 8.67. The Labute approximate surface area is 165 Å². The van der Waals surface area contributed by atoms with Gasteiger partial charge >= 0.3 is 12.6 Å². The number of alkyl halides is 2. The van der Waals surface area contributed by atoms with Crippen molar-refractivity contribution in [2.75, 3.05) is 23.7 Å². The maximum Gasteiger partial charge on any atom is 0.387 e. The highest BCUT2D eigenvalue weighted by Gasteiger charge is 2.07. The van der Waals surface area contributed by atoms with Crippen molar-refractivity contribution < 1.29 is 18.3 Å². The number of urea groups is 1. The third kappa shape index (κ3) is 5.86. The minimum Gasteiger partial charge on any atom is -0.435 e. The molecule has 0 aliphatic heterocycles. The van der Waals surface area contributed by atoms with Gasteiger partial charge in [0.05, 0.1) is 0 Å². The van der Waals surface area contributed by atoms with Crippen molar-refractivity contribution in [3.63, 3.8) is 0 Å². The van der Waals surface area contributed by atoms with Crippen LogP contribution in [0.5, 0.6) is 5.75 Å². The second kappa shape index (κ2) is 9.44. The van der Waals surface area contributed by atoms with Gasteiger partial charge in [-0.25, -0.2) is 19.7 Å². The number of carbonyl (C=O) groups is 1. The van der Waals surface area contributed by atoms with Crippen molar-refractivity contribution in [1.82, 2.24) is 24.8 Å². The van der Waals surface area contributed by atoms with Crippen LogP contribution in [0.15, 0.2) is 49.1 Å². The van der Waals surface area contributed by atoms with Gasteiger partial charge in [0, 0.05) is 43.3 Å². The number of hydrogen-bond acceptors (Lipinski definition) is 6. The van der Waals surface area contributed by atoms with Crippen molar-refractivity contribution in [1.29, 1.82) is 0 Å². The smallest absolute Gasteiger partial charge is 0.387 e. The fraction of sp³-hybridized carbons (Fsp3) is 0.222. The average molecular weight is 403 g/mol.